The fourth-order valence-electron chi connectivity index (χ4n) is 3.00. The van der Waals surface area contributed by atoms with Gasteiger partial charge < -0.3 is 10.2 Å². The molecule has 112 valence electrons. The van der Waals surface area contributed by atoms with Crippen molar-refractivity contribution in [2.24, 2.45) is 5.92 Å². The summed E-state index contributed by atoms with van der Waals surface area (Å²) in [5.74, 6) is 0.597. The van der Waals surface area contributed by atoms with Gasteiger partial charge in [0, 0.05) is 32.1 Å². The van der Waals surface area contributed by atoms with E-state index in [2.05, 4.69) is 12.2 Å². The molecule has 1 heterocycles. The lowest BCUT2D eigenvalue weighted by molar-refractivity contribution is -0.128. The molecule has 2 rings (SSSR count). The van der Waals surface area contributed by atoms with Crippen LogP contribution in [0.3, 0.4) is 0 Å². The number of carbonyl (C=O) groups is 2. The maximum Gasteiger partial charge on any atom is 0.243 e. The summed E-state index contributed by atoms with van der Waals surface area (Å²) in [5, 5.41) is 2.97. The van der Waals surface area contributed by atoms with E-state index in [-0.39, 0.29) is 11.8 Å². The minimum Gasteiger partial charge on any atom is -0.352 e. The fraction of sp³-hybridized carbons (Fsp3) is 0.750. The van der Waals surface area contributed by atoms with Gasteiger partial charge in [-0.3, -0.25) is 9.59 Å². The van der Waals surface area contributed by atoms with E-state index >= 15 is 0 Å². The number of rotatable bonds is 5. The minimum absolute atomic E-state index is 0.0292. The second-order valence-corrected chi connectivity index (χ2v) is 6.16. The number of likely N-dealkylation sites (tertiary alicyclic amines) is 1. The van der Waals surface area contributed by atoms with Crippen LogP contribution in [-0.4, -0.2) is 36.3 Å². The summed E-state index contributed by atoms with van der Waals surface area (Å²) in [6, 6.07) is 0. The first kappa shape index (κ1) is 15.1. The van der Waals surface area contributed by atoms with E-state index in [9.17, 15) is 9.59 Å². The third kappa shape index (κ3) is 4.66. The van der Waals surface area contributed by atoms with Crippen molar-refractivity contribution in [3.05, 3.63) is 11.6 Å². The number of amides is 2. The maximum atomic E-state index is 11.8. The molecule has 1 saturated heterocycles. The molecule has 4 heteroatoms. The highest BCUT2D eigenvalue weighted by molar-refractivity contribution is 5.88. The zero-order valence-electron chi connectivity index (χ0n) is 12.5. The van der Waals surface area contributed by atoms with Crippen molar-refractivity contribution >= 4 is 11.8 Å². The van der Waals surface area contributed by atoms with E-state index in [0.717, 1.165) is 32.4 Å². The number of nitrogens with zero attached hydrogens (tertiary/aromatic N) is 1. The summed E-state index contributed by atoms with van der Waals surface area (Å²) in [6.45, 7) is 4.36. The molecule has 1 N–H and O–H groups in total. The van der Waals surface area contributed by atoms with Gasteiger partial charge in [0.15, 0.2) is 0 Å². The van der Waals surface area contributed by atoms with Crippen molar-refractivity contribution in [3.63, 3.8) is 0 Å². The molecule has 0 aromatic heterocycles. The molecule has 1 atom stereocenters. The molecule has 0 aromatic rings. The lowest BCUT2D eigenvalue weighted by Crippen LogP contribution is -2.35. The van der Waals surface area contributed by atoms with Crippen LogP contribution in [0.5, 0.6) is 0 Å². The first-order chi connectivity index (χ1) is 9.65. The van der Waals surface area contributed by atoms with Crippen LogP contribution in [0.25, 0.3) is 0 Å². The van der Waals surface area contributed by atoms with Crippen LogP contribution in [0.2, 0.25) is 0 Å². The Hall–Kier alpha value is -1.32. The van der Waals surface area contributed by atoms with Gasteiger partial charge in [-0.25, -0.2) is 0 Å². The Morgan fingerprint density at radius 3 is 2.65 bits per heavy atom. The molecule has 0 spiro atoms. The Balaban J connectivity index is 1.68. The molecule has 4 nitrogen and oxygen atoms in total. The van der Waals surface area contributed by atoms with Gasteiger partial charge in [-0.2, -0.15) is 0 Å². The largest absolute Gasteiger partial charge is 0.352 e. The van der Waals surface area contributed by atoms with Gasteiger partial charge in [0.05, 0.1) is 0 Å². The molecule has 1 saturated carbocycles. The predicted octanol–water partition coefficient (Wildman–Crippen LogP) is 2.25. The van der Waals surface area contributed by atoms with E-state index in [0.29, 0.717) is 18.9 Å². The third-order valence-electron chi connectivity index (χ3n) is 4.16. The van der Waals surface area contributed by atoms with E-state index < -0.39 is 0 Å². The van der Waals surface area contributed by atoms with Crippen LogP contribution in [0.1, 0.15) is 51.9 Å². The zero-order valence-corrected chi connectivity index (χ0v) is 12.5. The van der Waals surface area contributed by atoms with Crippen molar-refractivity contribution in [2.75, 3.05) is 19.6 Å². The summed E-state index contributed by atoms with van der Waals surface area (Å²) in [6.07, 6.45) is 9.32. The first-order valence-corrected chi connectivity index (χ1v) is 7.90. The zero-order chi connectivity index (χ0) is 14.4. The molecule has 2 fully saturated rings. The molecule has 0 bridgehead atoms. The van der Waals surface area contributed by atoms with Crippen molar-refractivity contribution in [1.82, 2.24) is 10.2 Å². The molecule has 2 aliphatic rings. The quantitative estimate of drug-likeness (QED) is 0.784. The maximum absolute atomic E-state index is 11.8. The highest BCUT2D eigenvalue weighted by atomic mass is 16.2. The van der Waals surface area contributed by atoms with Gasteiger partial charge >= 0.3 is 0 Å². The Kier molecular flexibility index (Phi) is 5.62. The van der Waals surface area contributed by atoms with Crippen molar-refractivity contribution in [3.8, 4) is 0 Å². The van der Waals surface area contributed by atoms with Gasteiger partial charge in [0.1, 0.15) is 0 Å². The summed E-state index contributed by atoms with van der Waals surface area (Å²) in [4.78, 5) is 25.3. The second kappa shape index (κ2) is 7.46. The lowest BCUT2D eigenvalue weighted by Gasteiger charge is -2.21. The average molecular weight is 278 g/mol. The molecule has 1 aliphatic carbocycles. The van der Waals surface area contributed by atoms with Gasteiger partial charge in [-0.1, -0.05) is 18.9 Å². The summed E-state index contributed by atoms with van der Waals surface area (Å²) < 4.78 is 0. The Bertz CT molecular complexity index is 382. The van der Waals surface area contributed by atoms with Crippen molar-refractivity contribution in [2.45, 2.75) is 51.9 Å². The van der Waals surface area contributed by atoms with Crippen LogP contribution in [0.4, 0.5) is 0 Å². The van der Waals surface area contributed by atoms with E-state index in [1.807, 2.05) is 4.90 Å². The Labute approximate surface area is 121 Å². The standard InChI is InChI=1S/C16H26N2O2/c1-13(12-18-9-5-8-16(18)20)11-17-15(19)10-14-6-3-2-4-7-14/h10,13H,2-9,11-12H2,1H3,(H,17,19)/t13-/m1/s1. The van der Waals surface area contributed by atoms with Gasteiger partial charge in [-0.15, -0.1) is 0 Å². The van der Waals surface area contributed by atoms with Crippen LogP contribution >= 0.6 is 0 Å². The van der Waals surface area contributed by atoms with Crippen LogP contribution in [-0.2, 0) is 9.59 Å². The van der Waals surface area contributed by atoms with Crippen molar-refractivity contribution < 1.29 is 9.59 Å². The molecular formula is C16H26N2O2. The number of hydrogen-bond donors (Lipinski definition) is 1. The molecule has 0 aromatic carbocycles. The monoisotopic (exact) mass is 278 g/mol. The SMILES string of the molecule is C[C@H](CNC(=O)C=C1CCCCC1)CN1CCCC1=O. The summed E-state index contributed by atoms with van der Waals surface area (Å²) in [7, 11) is 0. The average Bonchev–Trinajstić information content (AvgIpc) is 2.83. The van der Waals surface area contributed by atoms with Crippen molar-refractivity contribution in [1.29, 1.82) is 0 Å². The summed E-state index contributed by atoms with van der Waals surface area (Å²) in [5.41, 5.74) is 1.29. The summed E-state index contributed by atoms with van der Waals surface area (Å²) >= 11 is 0. The van der Waals surface area contributed by atoms with Crippen LogP contribution in [0.15, 0.2) is 11.6 Å². The second-order valence-electron chi connectivity index (χ2n) is 6.16. The number of allylic oxidation sites excluding steroid dienone is 1. The Morgan fingerprint density at radius 1 is 1.25 bits per heavy atom. The number of hydrogen-bond acceptors (Lipinski definition) is 2. The Morgan fingerprint density at radius 2 is 2.00 bits per heavy atom. The predicted molar refractivity (Wildman–Crippen MR) is 79.2 cm³/mol. The van der Waals surface area contributed by atoms with Gasteiger partial charge in [0.2, 0.25) is 11.8 Å². The van der Waals surface area contributed by atoms with Gasteiger partial charge in [-0.05, 0) is 38.0 Å². The normalized spacial score (nSPS) is 20.9. The highest BCUT2D eigenvalue weighted by Crippen LogP contribution is 2.22. The molecule has 2 amide bonds. The third-order valence-corrected chi connectivity index (χ3v) is 4.16. The number of nitrogens with one attached hydrogen (secondary N) is 1. The first-order valence-electron chi connectivity index (χ1n) is 7.90. The topological polar surface area (TPSA) is 49.4 Å². The molecule has 20 heavy (non-hydrogen) atoms. The highest BCUT2D eigenvalue weighted by Gasteiger charge is 2.21. The van der Waals surface area contributed by atoms with E-state index in [1.165, 1.54) is 24.8 Å². The fourth-order valence-corrected chi connectivity index (χ4v) is 3.00. The number of carbonyl (C=O) groups excluding carboxylic acids is 2. The van der Waals surface area contributed by atoms with Gasteiger partial charge in [0.25, 0.3) is 0 Å². The molecule has 0 unspecified atom stereocenters. The molecule has 1 aliphatic heterocycles. The van der Waals surface area contributed by atoms with E-state index in [1.54, 1.807) is 6.08 Å². The molecule has 0 radical (unpaired) electrons. The van der Waals surface area contributed by atoms with Crippen LogP contribution in [0, 0.1) is 5.92 Å². The van der Waals surface area contributed by atoms with E-state index in [4.69, 9.17) is 0 Å². The molecular weight excluding hydrogens is 252 g/mol. The smallest absolute Gasteiger partial charge is 0.243 e. The lowest BCUT2D eigenvalue weighted by atomic mass is 9.94. The minimum atomic E-state index is 0.0292. The van der Waals surface area contributed by atoms with Crippen LogP contribution < -0.4 is 5.32 Å².